The van der Waals surface area contributed by atoms with Crippen molar-refractivity contribution in [2.75, 3.05) is 17.2 Å². The standard InChI is InChI=1S/C19H21N3O/c1-2-3-4-15-5-11-18(12-6-15)22-19(23)14-21-17-9-7-16(13-20)8-10-17/h5-12,21H,2-4,14H2,1H3,(H,22,23). The van der Waals surface area contributed by atoms with Gasteiger partial charge in [0.2, 0.25) is 5.91 Å². The van der Waals surface area contributed by atoms with E-state index in [2.05, 4.69) is 35.8 Å². The second kappa shape index (κ2) is 8.60. The molecule has 2 N–H and O–H groups in total. The molecule has 2 rings (SSSR count). The number of hydrogen-bond donors (Lipinski definition) is 2. The van der Waals surface area contributed by atoms with Crippen molar-refractivity contribution in [3.05, 3.63) is 59.7 Å². The Morgan fingerprint density at radius 3 is 2.30 bits per heavy atom. The maximum atomic E-state index is 11.9. The molecule has 0 spiro atoms. The highest BCUT2D eigenvalue weighted by Gasteiger charge is 2.03. The topological polar surface area (TPSA) is 64.9 Å². The molecular weight excluding hydrogens is 286 g/mol. The summed E-state index contributed by atoms with van der Waals surface area (Å²) in [5, 5.41) is 14.6. The summed E-state index contributed by atoms with van der Waals surface area (Å²) >= 11 is 0. The summed E-state index contributed by atoms with van der Waals surface area (Å²) in [6, 6.07) is 17.0. The van der Waals surface area contributed by atoms with Gasteiger partial charge >= 0.3 is 0 Å². The molecule has 118 valence electrons. The Hall–Kier alpha value is -2.80. The Bertz CT molecular complexity index is 669. The van der Waals surface area contributed by atoms with Crippen molar-refractivity contribution in [1.82, 2.24) is 0 Å². The lowest BCUT2D eigenvalue weighted by molar-refractivity contribution is -0.114. The monoisotopic (exact) mass is 307 g/mol. The number of carbonyl (C=O) groups is 1. The van der Waals surface area contributed by atoms with E-state index < -0.39 is 0 Å². The smallest absolute Gasteiger partial charge is 0.243 e. The number of nitrogens with zero attached hydrogens (tertiary/aromatic N) is 1. The molecule has 0 aliphatic carbocycles. The van der Waals surface area contributed by atoms with E-state index in [4.69, 9.17) is 5.26 Å². The van der Waals surface area contributed by atoms with Crippen molar-refractivity contribution < 1.29 is 4.79 Å². The zero-order valence-corrected chi connectivity index (χ0v) is 13.3. The van der Waals surface area contributed by atoms with E-state index in [1.165, 1.54) is 18.4 Å². The quantitative estimate of drug-likeness (QED) is 0.814. The predicted molar refractivity (Wildman–Crippen MR) is 93.3 cm³/mol. The number of aryl methyl sites for hydroxylation is 1. The van der Waals surface area contributed by atoms with Crippen LogP contribution in [0.25, 0.3) is 0 Å². The molecule has 0 aromatic heterocycles. The van der Waals surface area contributed by atoms with E-state index in [-0.39, 0.29) is 12.5 Å². The fourth-order valence-corrected chi connectivity index (χ4v) is 2.19. The van der Waals surface area contributed by atoms with Crippen LogP contribution in [0, 0.1) is 11.3 Å². The molecular formula is C19H21N3O. The fourth-order valence-electron chi connectivity index (χ4n) is 2.19. The first-order valence-corrected chi connectivity index (χ1v) is 7.84. The summed E-state index contributed by atoms with van der Waals surface area (Å²) in [7, 11) is 0. The predicted octanol–water partition coefficient (Wildman–Crippen LogP) is 3.95. The number of anilines is 2. The first-order valence-electron chi connectivity index (χ1n) is 7.84. The lowest BCUT2D eigenvalue weighted by atomic mass is 10.1. The highest BCUT2D eigenvalue weighted by molar-refractivity contribution is 5.93. The van der Waals surface area contributed by atoms with Crippen LogP contribution in [-0.4, -0.2) is 12.5 Å². The van der Waals surface area contributed by atoms with Crippen LogP contribution >= 0.6 is 0 Å². The van der Waals surface area contributed by atoms with Crippen LogP contribution in [0.3, 0.4) is 0 Å². The molecule has 23 heavy (non-hydrogen) atoms. The molecule has 0 unspecified atom stereocenters. The van der Waals surface area contributed by atoms with Gasteiger partial charge in [-0.3, -0.25) is 4.79 Å². The van der Waals surface area contributed by atoms with Crippen molar-refractivity contribution in [2.24, 2.45) is 0 Å². The van der Waals surface area contributed by atoms with E-state index in [1.54, 1.807) is 24.3 Å². The summed E-state index contributed by atoms with van der Waals surface area (Å²) in [4.78, 5) is 11.9. The van der Waals surface area contributed by atoms with Crippen molar-refractivity contribution in [1.29, 1.82) is 5.26 Å². The van der Waals surface area contributed by atoms with E-state index in [0.717, 1.165) is 17.8 Å². The number of amides is 1. The molecule has 0 saturated carbocycles. The van der Waals surface area contributed by atoms with Crippen LogP contribution in [0.5, 0.6) is 0 Å². The first kappa shape index (κ1) is 16.6. The molecule has 0 bridgehead atoms. The molecule has 2 aromatic carbocycles. The summed E-state index contributed by atoms with van der Waals surface area (Å²) in [6.07, 6.45) is 3.44. The number of benzene rings is 2. The normalized spacial score (nSPS) is 9.91. The van der Waals surface area contributed by atoms with Crippen LogP contribution in [0.2, 0.25) is 0 Å². The molecule has 0 aliphatic rings. The van der Waals surface area contributed by atoms with Crippen LogP contribution in [0.4, 0.5) is 11.4 Å². The molecule has 4 nitrogen and oxygen atoms in total. The third-order valence-corrected chi connectivity index (χ3v) is 3.52. The van der Waals surface area contributed by atoms with Gasteiger partial charge < -0.3 is 10.6 Å². The van der Waals surface area contributed by atoms with Crippen LogP contribution in [0.1, 0.15) is 30.9 Å². The van der Waals surface area contributed by atoms with Crippen molar-refractivity contribution in [3.8, 4) is 6.07 Å². The SMILES string of the molecule is CCCCc1ccc(NC(=O)CNc2ccc(C#N)cc2)cc1. The molecule has 0 heterocycles. The average molecular weight is 307 g/mol. The van der Waals surface area contributed by atoms with Gasteiger partial charge in [-0.15, -0.1) is 0 Å². The van der Waals surface area contributed by atoms with Gasteiger partial charge in [0.1, 0.15) is 0 Å². The Balaban J connectivity index is 1.80. The van der Waals surface area contributed by atoms with Crippen molar-refractivity contribution in [3.63, 3.8) is 0 Å². The fraction of sp³-hybridized carbons (Fsp3) is 0.263. The minimum absolute atomic E-state index is 0.101. The van der Waals surface area contributed by atoms with E-state index in [0.29, 0.717) is 5.56 Å². The van der Waals surface area contributed by atoms with Gasteiger partial charge in [-0.25, -0.2) is 0 Å². The minimum Gasteiger partial charge on any atom is -0.376 e. The number of rotatable bonds is 7. The Kier molecular flexibility index (Phi) is 6.19. The summed E-state index contributed by atoms with van der Waals surface area (Å²) < 4.78 is 0. The Morgan fingerprint density at radius 1 is 1.04 bits per heavy atom. The van der Waals surface area contributed by atoms with E-state index in [9.17, 15) is 4.79 Å². The number of hydrogen-bond acceptors (Lipinski definition) is 3. The Morgan fingerprint density at radius 2 is 1.70 bits per heavy atom. The van der Waals surface area contributed by atoms with Crippen molar-refractivity contribution >= 4 is 17.3 Å². The van der Waals surface area contributed by atoms with Crippen LogP contribution in [0.15, 0.2) is 48.5 Å². The van der Waals surface area contributed by atoms with E-state index in [1.807, 2.05) is 12.1 Å². The van der Waals surface area contributed by atoms with Gasteiger partial charge in [0.05, 0.1) is 18.2 Å². The number of nitrogens with one attached hydrogen (secondary N) is 2. The molecule has 4 heteroatoms. The molecule has 2 aromatic rings. The largest absolute Gasteiger partial charge is 0.376 e. The maximum absolute atomic E-state index is 11.9. The third kappa shape index (κ3) is 5.48. The minimum atomic E-state index is -0.101. The number of unbranched alkanes of at least 4 members (excludes halogenated alkanes) is 1. The highest BCUT2D eigenvalue weighted by atomic mass is 16.1. The summed E-state index contributed by atoms with van der Waals surface area (Å²) in [6.45, 7) is 2.36. The molecule has 0 saturated heterocycles. The van der Waals surface area contributed by atoms with Gasteiger partial charge in [0.25, 0.3) is 0 Å². The maximum Gasteiger partial charge on any atom is 0.243 e. The van der Waals surface area contributed by atoms with Gasteiger partial charge in [0.15, 0.2) is 0 Å². The van der Waals surface area contributed by atoms with Crippen LogP contribution < -0.4 is 10.6 Å². The molecule has 0 radical (unpaired) electrons. The molecule has 0 atom stereocenters. The van der Waals surface area contributed by atoms with Crippen molar-refractivity contribution in [2.45, 2.75) is 26.2 Å². The summed E-state index contributed by atoms with van der Waals surface area (Å²) in [5.74, 6) is -0.101. The third-order valence-electron chi connectivity index (χ3n) is 3.52. The van der Waals surface area contributed by atoms with Gasteiger partial charge in [-0.1, -0.05) is 25.5 Å². The number of nitriles is 1. The molecule has 1 amide bonds. The zero-order chi connectivity index (χ0) is 16.5. The lowest BCUT2D eigenvalue weighted by Crippen LogP contribution is -2.21. The first-order chi connectivity index (χ1) is 11.2. The second-order valence-electron chi connectivity index (χ2n) is 5.39. The van der Waals surface area contributed by atoms with Gasteiger partial charge in [-0.05, 0) is 54.8 Å². The highest BCUT2D eigenvalue weighted by Crippen LogP contribution is 2.12. The molecule has 0 fully saturated rings. The Labute approximate surface area is 137 Å². The second-order valence-corrected chi connectivity index (χ2v) is 5.39. The van der Waals surface area contributed by atoms with Gasteiger partial charge in [0, 0.05) is 11.4 Å². The number of carbonyl (C=O) groups excluding carboxylic acids is 1. The summed E-state index contributed by atoms with van der Waals surface area (Å²) in [5.41, 5.74) is 3.51. The molecule has 0 aliphatic heterocycles. The van der Waals surface area contributed by atoms with E-state index >= 15 is 0 Å². The average Bonchev–Trinajstić information content (AvgIpc) is 2.60. The van der Waals surface area contributed by atoms with Crippen LogP contribution in [-0.2, 0) is 11.2 Å². The zero-order valence-electron chi connectivity index (χ0n) is 13.3. The van der Waals surface area contributed by atoms with Gasteiger partial charge in [-0.2, -0.15) is 5.26 Å². The lowest BCUT2D eigenvalue weighted by Gasteiger charge is -2.08.